The second-order valence-electron chi connectivity index (χ2n) is 3.62. The zero-order chi connectivity index (χ0) is 9.83. The topological polar surface area (TPSA) is 53.9 Å². The molecule has 2 aliphatic heterocycles. The summed E-state index contributed by atoms with van der Waals surface area (Å²) in [5, 5.41) is 8.04. The Morgan fingerprint density at radius 2 is 2.13 bits per heavy atom. The van der Waals surface area contributed by atoms with Crippen LogP contribution in [0.3, 0.4) is 0 Å². The summed E-state index contributed by atoms with van der Waals surface area (Å²) in [6, 6.07) is 6.17. The molecule has 2 bridgehead atoms. The Morgan fingerprint density at radius 3 is 3.13 bits per heavy atom. The van der Waals surface area contributed by atoms with Gasteiger partial charge >= 0.3 is 0 Å². The Morgan fingerprint density at radius 1 is 1.13 bits per heavy atom. The maximum Gasteiger partial charge on any atom is 0.160 e. The molecule has 0 amide bonds. The van der Waals surface area contributed by atoms with Crippen LogP contribution in [-0.4, -0.2) is 21.4 Å². The Bertz CT molecular complexity index is 680. The number of hydrogen-bond acceptors (Lipinski definition) is 3. The van der Waals surface area contributed by atoms with Crippen molar-refractivity contribution in [3.63, 3.8) is 0 Å². The van der Waals surface area contributed by atoms with E-state index in [0.29, 0.717) is 0 Å². The number of nitrogens with zero attached hydrogens (tertiary/aromatic N) is 3. The van der Waals surface area contributed by atoms with Gasteiger partial charge in [0.05, 0.1) is 23.6 Å². The fraction of sp³-hybridized carbons (Fsp3) is 0. The van der Waals surface area contributed by atoms with Gasteiger partial charge in [0.1, 0.15) is 0 Å². The Hall–Kier alpha value is -2.23. The lowest BCUT2D eigenvalue weighted by Crippen LogP contribution is -1.80. The summed E-state index contributed by atoms with van der Waals surface area (Å²) in [6.07, 6.45) is 3.63. The van der Waals surface area contributed by atoms with E-state index in [1.807, 2.05) is 18.5 Å². The minimum Gasteiger partial charge on any atom is -0.278 e. The largest absolute Gasteiger partial charge is 0.278 e. The van der Waals surface area contributed by atoms with Crippen molar-refractivity contribution in [1.82, 2.24) is 15.2 Å². The number of H-pyrrole nitrogens is 1. The van der Waals surface area contributed by atoms with Gasteiger partial charge in [0.15, 0.2) is 5.82 Å². The van der Waals surface area contributed by atoms with Gasteiger partial charge in [-0.3, -0.25) is 5.10 Å². The smallest absolute Gasteiger partial charge is 0.160 e. The first-order valence-corrected chi connectivity index (χ1v) is 4.73. The van der Waals surface area contributed by atoms with E-state index < -0.39 is 0 Å². The summed E-state index contributed by atoms with van der Waals surface area (Å²) in [6.45, 7) is 0. The minimum atomic E-state index is 0.818. The highest BCUT2D eigenvalue weighted by molar-refractivity contribution is 6.02. The van der Waals surface area contributed by atoms with E-state index in [4.69, 9.17) is 0 Å². The van der Waals surface area contributed by atoms with Gasteiger partial charge < -0.3 is 0 Å². The molecule has 15 heavy (non-hydrogen) atoms. The third-order valence-electron chi connectivity index (χ3n) is 2.76. The quantitative estimate of drug-likeness (QED) is 0.466. The highest BCUT2D eigenvalue weighted by Crippen LogP contribution is 2.38. The van der Waals surface area contributed by atoms with Gasteiger partial charge in [-0.25, -0.2) is 9.98 Å². The summed E-state index contributed by atoms with van der Waals surface area (Å²) < 4.78 is 0. The van der Waals surface area contributed by atoms with E-state index in [-0.39, 0.29) is 0 Å². The molecule has 4 rings (SSSR count). The van der Waals surface area contributed by atoms with Gasteiger partial charge in [-0.2, -0.15) is 5.10 Å². The van der Waals surface area contributed by atoms with E-state index >= 15 is 0 Å². The van der Waals surface area contributed by atoms with E-state index in [0.717, 1.165) is 33.5 Å². The van der Waals surface area contributed by atoms with E-state index in [2.05, 4.69) is 32.3 Å². The molecular formula is C11H6N4. The highest BCUT2D eigenvalue weighted by atomic mass is 15.1. The van der Waals surface area contributed by atoms with Crippen molar-refractivity contribution >= 4 is 22.9 Å². The van der Waals surface area contributed by atoms with E-state index in [1.165, 1.54) is 0 Å². The number of rotatable bonds is 0. The van der Waals surface area contributed by atoms with E-state index in [1.54, 1.807) is 0 Å². The molecule has 0 unspecified atom stereocenters. The van der Waals surface area contributed by atoms with Gasteiger partial charge in [0.25, 0.3) is 0 Å². The van der Waals surface area contributed by atoms with Crippen LogP contribution in [0.15, 0.2) is 29.4 Å². The van der Waals surface area contributed by atoms with Gasteiger partial charge in [0, 0.05) is 16.5 Å². The average molecular weight is 194 g/mol. The lowest BCUT2D eigenvalue weighted by Gasteiger charge is -1.96. The number of nitrogens with one attached hydrogen (secondary N) is 1. The van der Waals surface area contributed by atoms with Crippen molar-refractivity contribution in [2.24, 2.45) is 4.99 Å². The number of aliphatic imine (C=N–C) groups is 1. The van der Waals surface area contributed by atoms with Crippen molar-refractivity contribution in [3.05, 3.63) is 30.1 Å². The fourth-order valence-corrected chi connectivity index (χ4v) is 2.01. The van der Waals surface area contributed by atoms with Crippen LogP contribution in [0.2, 0.25) is 0 Å². The summed E-state index contributed by atoms with van der Waals surface area (Å²) in [5.74, 6) is 0.818. The number of fused-ring (bicyclic) bond motifs is 6. The molecule has 4 nitrogen and oxygen atoms in total. The highest BCUT2D eigenvalue weighted by Gasteiger charge is 2.19. The maximum absolute atomic E-state index is 4.37. The molecule has 0 spiro atoms. The molecule has 3 aliphatic rings. The molecular weight excluding hydrogens is 188 g/mol. The van der Waals surface area contributed by atoms with Crippen molar-refractivity contribution in [3.8, 4) is 11.1 Å². The molecule has 1 N–H and O–H groups in total. The standard InChI is InChI=1S/C11H6N4/c1-2-9-6(4-13-15-9)3-8-7(1)10-5-12-11(8)14-10/h1-5H,(H,13,15). The minimum absolute atomic E-state index is 0.818. The molecule has 3 heterocycles. The van der Waals surface area contributed by atoms with Crippen molar-refractivity contribution in [2.45, 2.75) is 0 Å². The molecule has 0 saturated heterocycles. The van der Waals surface area contributed by atoms with Crippen LogP contribution < -0.4 is 0 Å². The predicted octanol–water partition coefficient (Wildman–Crippen LogP) is 2.13. The lowest BCUT2D eigenvalue weighted by atomic mass is 10.1. The Labute approximate surface area is 85.0 Å². The molecule has 0 atom stereocenters. The van der Waals surface area contributed by atoms with Crippen LogP contribution in [-0.2, 0) is 0 Å². The molecule has 1 aliphatic carbocycles. The third kappa shape index (κ3) is 0.788. The second-order valence-corrected chi connectivity index (χ2v) is 3.62. The van der Waals surface area contributed by atoms with Crippen LogP contribution >= 0.6 is 0 Å². The molecule has 0 radical (unpaired) electrons. The molecule has 1 aromatic rings. The molecule has 0 aromatic carbocycles. The first-order valence-electron chi connectivity index (χ1n) is 4.73. The van der Waals surface area contributed by atoms with Crippen LogP contribution in [0.25, 0.3) is 22.0 Å². The zero-order valence-corrected chi connectivity index (χ0v) is 7.73. The fourth-order valence-electron chi connectivity index (χ4n) is 2.01. The monoisotopic (exact) mass is 194 g/mol. The first kappa shape index (κ1) is 7.11. The maximum atomic E-state index is 4.37. The van der Waals surface area contributed by atoms with Gasteiger partial charge in [-0.05, 0) is 18.2 Å². The summed E-state index contributed by atoms with van der Waals surface area (Å²) in [5.41, 5.74) is 4.25. The molecule has 1 aromatic heterocycles. The van der Waals surface area contributed by atoms with Crippen LogP contribution in [0.5, 0.6) is 0 Å². The van der Waals surface area contributed by atoms with Crippen molar-refractivity contribution < 1.29 is 0 Å². The normalized spacial score (nSPS) is 13.1. The Balaban J connectivity index is 2.25. The Kier molecular flexibility index (Phi) is 1.06. The SMILES string of the molecule is C1=Nc2nc1c1ccc3[nH]ncc3cc2-1. The second kappa shape index (κ2) is 2.23. The van der Waals surface area contributed by atoms with Crippen LogP contribution in [0.1, 0.15) is 5.69 Å². The van der Waals surface area contributed by atoms with Gasteiger partial charge in [-0.15, -0.1) is 0 Å². The summed E-state index contributed by atoms with van der Waals surface area (Å²) in [4.78, 5) is 8.59. The van der Waals surface area contributed by atoms with Crippen molar-refractivity contribution in [1.29, 1.82) is 0 Å². The van der Waals surface area contributed by atoms with E-state index in [9.17, 15) is 0 Å². The average Bonchev–Trinajstić information content (AvgIpc) is 2.91. The first-order chi connectivity index (χ1) is 7.42. The molecule has 4 heteroatoms. The number of aromatic amines is 1. The summed E-state index contributed by atoms with van der Waals surface area (Å²) >= 11 is 0. The van der Waals surface area contributed by atoms with Gasteiger partial charge in [-0.1, -0.05) is 0 Å². The number of aromatic nitrogens is 3. The summed E-state index contributed by atoms with van der Waals surface area (Å²) in [7, 11) is 0. The lowest BCUT2D eigenvalue weighted by molar-refractivity contribution is 1.12. The molecule has 0 fully saturated rings. The predicted molar refractivity (Wildman–Crippen MR) is 57.8 cm³/mol. The van der Waals surface area contributed by atoms with Crippen LogP contribution in [0.4, 0.5) is 5.82 Å². The molecule has 70 valence electrons. The number of hydrogen-bond donors (Lipinski definition) is 1. The van der Waals surface area contributed by atoms with Crippen LogP contribution in [0, 0.1) is 0 Å². The van der Waals surface area contributed by atoms with Crippen molar-refractivity contribution in [2.75, 3.05) is 0 Å². The third-order valence-corrected chi connectivity index (χ3v) is 2.76. The molecule has 0 saturated carbocycles. The zero-order valence-electron chi connectivity index (χ0n) is 7.73. The van der Waals surface area contributed by atoms with Gasteiger partial charge in [0.2, 0.25) is 0 Å².